The Morgan fingerprint density at radius 3 is 1.46 bits per heavy atom. The van der Waals surface area contributed by atoms with Crippen molar-refractivity contribution in [1.29, 1.82) is 0 Å². The Hall–Kier alpha value is 0.137. The van der Waals surface area contributed by atoms with E-state index in [0.717, 1.165) is 18.7 Å². The molecule has 0 aromatic heterocycles. The van der Waals surface area contributed by atoms with Crippen LogP contribution in [-0.2, 0) is 8.85 Å². The molecule has 1 atom stereocenters. The van der Waals surface area contributed by atoms with Crippen LogP contribution in [0.1, 0.15) is 137 Å². The summed E-state index contributed by atoms with van der Waals surface area (Å²) in [6, 6.07) is 2.17. The van der Waals surface area contributed by atoms with E-state index < -0.39 is 8.56 Å². The summed E-state index contributed by atoms with van der Waals surface area (Å²) in [7, 11) is -1.98. The molecule has 0 fully saturated rings. The normalized spacial score (nSPS) is 13.2. The molecule has 170 valence electrons. The van der Waals surface area contributed by atoms with Crippen molar-refractivity contribution in [3.05, 3.63) is 0 Å². The molecule has 3 heteroatoms. The number of unbranched alkanes of at least 4 members (excludes halogenated alkanes) is 13. The van der Waals surface area contributed by atoms with Gasteiger partial charge >= 0.3 is 8.56 Å². The maximum absolute atomic E-state index is 6.56. The molecule has 0 aromatic rings. The van der Waals surface area contributed by atoms with Crippen LogP contribution in [0.25, 0.3) is 0 Å². The van der Waals surface area contributed by atoms with Crippen LogP contribution in [0, 0.1) is 0 Å². The molecule has 0 saturated carbocycles. The second kappa shape index (κ2) is 20.4. The second-order valence-electron chi connectivity index (χ2n) is 8.78. The first-order chi connectivity index (χ1) is 13.6. The second-order valence-corrected chi connectivity index (χ2v) is 12.5. The Labute approximate surface area is 179 Å². The molecule has 0 radical (unpaired) electrons. The molecule has 0 bridgehead atoms. The van der Waals surface area contributed by atoms with E-state index >= 15 is 0 Å². The SMILES string of the molecule is CCCCCCCCCCCO[Si](CC)(CC)OC(C)CCCCCCCC. The highest BCUT2D eigenvalue weighted by Gasteiger charge is 2.35. The lowest BCUT2D eigenvalue weighted by molar-refractivity contribution is 0.114. The van der Waals surface area contributed by atoms with Gasteiger partial charge in [0.05, 0.1) is 0 Å². The third-order valence-corrected chi connectivity index (χ3v) is 9.79. The third-order valence-electron chi connectivity index (χ3n) is 6.07. The molecule has 0 heterocycles. The van der Waals surface area contributed by atoms with Crippen LogP contribution in [0.15, 0.2) is 0 Å². The maximum Gasteiger partial charge on any atom is 0.337 e. The lowest BCUT2D eigenvalue weighted by atomic mass is 10.1. The molecule has 28 heavy (non-hydrogen) atoms. The van der Waals surface area contributed by atoms with Gasteiger partial charge < -0.3 is 8.85 Å². The molecule has 0 N–H and O–H groups in total. The van der Waals surface area contributed by atoms with E-state index in [1.54, 1.807) is 0 Å². The minimum absolute atomic E-state index is 0.362. The van der Waals surface area contributed by atoms with Crippen molar-refractivity contribution in [2.24, 2.45) is 0 Å². The fraction of sp³-hybridized carbons (Fsp3) is 1.00. The van der Waals surface area contributed by atoms with E-state index in [1.165, 1.54) is 103 Å². The molecular weight excluding hydrogens is 360 g/mol. The average molecular weight is 415 g/mol. The quantitative estimate of drug-likeness (QED) is 0.130. The van der Waals surface area contributed by atoms with E-state index in [0.29, 0.717) is 6.10 Å². The summed E-state index contributed by atoms with van der Waals surface area (Å²) >= 11 is 0. The van der Waals surface area contributed by atoms with Crippen LogP contribution < -0.4 is 0 Å². The third kappa shape index (κ3) is 16.0. The van der Waals surface area contributed by atoms with E-state index in [4.69, 9.17) is 8.85 Å². The summed E-state index contributed by atoms with van der Waals surface area (Å²) in [5, 5.41) is 0. The van der Waals surface area contributed by atoms with Gasteiger partial charge in [-0.2, -0.15) is 0 Å². The molecule has 0 saturated heterocycles. The van der Waals surface area contributed by atoms with E-state index in [2.05, 4.69) is 34.6 Å². The molecule has 0 aromatic carbocycles. The van der Waals surface area contributed by atoms with Crippen molar-refractivity contribution in [3.8, 4) is 0 Å². The summed E-state index contributed by atoms with van der Waals surface area (Å²) in [6.07, 6.45) is 22.1. The molecule has 0 aliphatic carbocycles. The van der Waals surface area contributed by atoms with Gasteiger partial charge in [0.2, 0.25) is 0 Å². The zero-order valence-electron chi connectivity index (χ0n) is 20.3. The molecule has 0 spiro atoms. The zero-order valence-corrected chi connectivity index (χ0v) is 21.3. The van der Waals surface area contributed by atoms with Gasteiger partial charge in [0.25, 0.3) is 0 Å². The van der Waals surface area contributed by atoms with Crippen molar-refractivity contribution >= 4 is 8.56 Å². The average Bonchev–Trinajstić information content (AvgIpc) is 2.71. The van der Waals surface area contributed by atoms with Crippen LogP contribution in [0.2, 0.25) is 12.1 Å². The fourth-order valence-corrected chi connectivity index (χ4v) is 6.64. The summed E-state index contributed by atoms with van der Waals surface area (Å²) in [5.41, 5.74) is 0. The van der Waals surface area contributed by atoms with E-state index in [9.17, 15) is 0 Å². The highest BCUT2D eigenvalue weighted by atomic mass is 28.4. The fourth-order valence-electron chi connectivity index (χ4n) is 3.96. The zero-order chi connectivity index (χ0) is 20.9. The van der Waals surface area contributed by atoms with Crippen molar-refractivity contribution < 1.29 is 8.85 Å². The number of hydrogen-bond donors (Lipinski definition) is 0. The number of rotatable bonds is 22. The van der Waals surface area contributed by atoms with Gasteiger partial charge in [-0.3, -0.25) is 0 Å². The summed E-state index contributed by atoms with van der Waals surface area (Å²) in [5.74, 6) is 0. The van der Waals surface area contributed by atoms with Gasteiger partial charge in [-0.15, -0.1) is 0 Å². The minimum Gasteiger partial charge on any atom is -0.394 e. The monoisotopic (exact) mass is 414 g/mol. The van der Waals surface area contributed by atoms with E-state index in [-0.39, 0.29) is 0 Å². The Bertz CT molecular complexity index is 305. The Morgan fingerprint density at radius 2 is 1.00 bits per heavy atom. The van der Waals surface area contributed by atoms with Crippen molar-refractivity contribution in [2.45, 2.75) is 156 Å². The van der Waals surface area contributed by atoms with Gasteiger partial charge in [-0.1, -0.05) is 118 Å². The minimum atomic E-state index is -1.98. The summed E-state index contributed by atoms with van der Waals surface area (Å²) in [6.45, 7) is 12.3. The van der Waals surface area contributed by atoms with Crippen LogP contribution in [0.3, 0.4) is 0 Å². The first-order valence-electron chi connectivity index (χ1n) is 13.0. The van der Waals surface area contributed by atoms with Gasteiger partial charge in [0, 0.05) is 12.7 Å². The van der Waals surface area contributed by atoms with Crippen LogP contribution >= 0.6 is 0 Å². The highest BCUT2D eigenvalue weighted by molar-refractivity contribution is 6.67. The molecule has 0 aliphatic heterocycles. The molecular formula is C25H54O2Si. The van der Waals surface area contributed by atoms with Crippen molar-refractivity contribution in [3.63, 3.8) is 0 Å². The first-order valence-corrected chi connectivity index (χ1v) is 15.2. The van der Waals surface area contributed by atoms with Crippen molar-refractivity contribution in [2.75, 3.05) is 6.61 Å². The van der Waals surface area contributed by atoms with Crippen LogP contribution in [-0.4, -0.2) is 21.3 Å². The molecule has 0 amide bonds. The molecule has 0 rings (SSSR count). The smallest absolute Gasteiger partial charge is 0.337 e. The molecule has 1 unspecified atom stereocenters. The van der Waals surface area contributed by atoms with Crippen LogP contribution in [0.5, 0.6) is 0 Å². The summed E-state index contributed by atoms with van der Waals surface area (Å²) < 4.78 is 13.0. The Kier molecular flexibility index (Phi) is 20.5. The lowest BCUT2D eigenvalue weighted by Crippen LogP contribution is -2.43. The predicted octanol–water partition coefficient (Wildman–Crippen LogP) is 9.17. The highest BCUT2D eigenvalue weighted by Crippen LogP contribution is 2.23. The number of hydrogen-bond acceptors (Lipinski definition) is 2. The first kappa shape index (κ1) is 28.1. The topological polar surface area (TPSA) is 18.5 Å². The van der Waals surface area contributed by atoms with Crippen molar-refractivity contribution in [1.82, 2.24) is 0 Å². The van der Waals surface area contributed by atoms with Gasteiger partial charge in [0.15, 0.2) is 0 Å². The maximum atomic E-state index is 6.56. The largest absolute Gasteiger partial charge is 0.394 e. The van der Waals surface area contributed by atoms with Gasteiger partial charge in [-0.25, -0.2) is 0 Å². The Balaban J connectivity index is 3.85. The van der Waals surface area contributed by atoms with Gasteiger partial charge in [-0.05, 0) is 31.9 Å². The lowest BCUT2D eigenvalue weighted by Gasteiger charge is -2.32. The van der Waals surface area contributed by atoms with E-state index in [1.807, 2.05) is 0 Å². The molecule has 2 nitrogen and oxygen atoms in total. The standard InChI is InChI=1S/C25H54O2Si/c1-6-10-12-14-16-17-18-20-22-24-26-28(8-3,9-4)27-25(5)23-21-19-15-13-11-7-2/h25H,6-24H2,1-5H3. The van der Waals surface area contributed by atoms with Crippen LogP contribution in [0.4, 0.5) is 0 Å². The Morgan fingerprint density at radius 1 is 0.571 bits per heavy atom. The molecule has 0 aliphatic rings. The predicted molar refractivity (Wildman–Crippen MR) is 128 cm³/mol. The van der Waals surface area contributed by atoms with Gasteiger partial charge in [0.1, 0.15) is 0 Å². The summed E-state index contributed by atoms with van der Waals surface area (Å²) in [4.78, 5) is 0.